The highest BCUT2D eigenvalue weighted by Gasteiger charge is 2.32. The van der Waals surface area contributed by atoms with Crippen LogP contribution in [0.3, 0.4) is 0 Å². The SMILES string of the molecule is CC(NC(=O)c1cc(F)cc(C(F)(F)F)c1)c1nccnc1-c1ccccn1. The van der Waals surface area contributed by atoms with Gasteiger partial charge in [-0.2, -0.15) is 13.2 Å². The Balaban J connectivity index is 1.88. The standard InChI is InChI=1S/C19H14F4N4O/c1-11(16-17(26-7-6-25-16)15-4-2-3-5-24-15)27-18(28)12-8-13(19(21,22)23)10-14(20)9-12/h2-11H,1H3,(H,27,28). The molecular formula is C19H14F4N4O. The van der Waals surface area contributed by atoms with Gasteiger partial charge in [0.1, 0.15) is 11.5 Å². The molecule has 3 aromatic rings. The first kappa shape index (κ1) is 19.4. The fraction of sp³-hybridized carbons (Fsp3) is 0.158. The van der Waals surface area contributed by atoms with E-state index in [1.807, 2.05) is 0 Å². The Morgan fingerprint density at radius 1 is 1.04 bits per heavy atom. The molecule has 5 nitrogen and oxygen atoms in total. The van der Waals surface area contributed by atoms with Crippen molar-refractivity contribution in [1.29, 1.82) is 0 Å². The summed E-state index contributed by atoms with van der Waals surface area (Å²) in [6.07, 6.45) is -0.305. The van der Waals surface area contributed by atoms with Gasteiger partial charge in [0.15, 0.2) is 0 Å². The average molecular weight is 390 g/mol. The summed E-state index contributed by atoms with van der Waals surface area (Å²) in [5, 5.41) is 2.53. The number of pyridine rings is 1. The molecule has 0 spiro atoms. The predicted molar refractivity (Wildman–Crippen MR) is 92.5 cm³/mol. The second kappa shape index (κ2) is 7.71. The number of rotatable bonds is 4. The number of hydrogen-bond acceptors (Lipinski definition) is 4. The molecule has 144 valence electrons. The lowest BCUT2D eigenvalue weighted by atomic mass is 10.1. The van der Waals surface area contributed by atoms with E-state index in [-0.39, 0.29) is 0 Å². The summed E-state index contributed by atoms with van der Waals surface area (Å²) in [4.78, 5) is 25.0. The molecule has 0 aliphatic rings. The van der Waals surface area contributed by atoms with Crippen LogP contribution in [0.15, 0.2) is 55.0 Å². The molecule has 0 saturated carbocycles. The highest BCUT2D eigenvalue weighted by atomic mass is 19.4. The molecule has 1 unspecified atom stereocenters. The molecule has 9 heteroatoms. The van der Waals surface area contributed by atoms with E-state index in [1.54, 1.807) is 31.3 Å². The third-order valence-electron chi connectivity index (χ3n) is 3.88. The lowest BCUT2D eigenvalue weighted by Gasteiger charge is -2.16. The fourth-order valence-electron chi connectivity index (χ4n) is 2.60. The van der Waals surface area contributed by atoms with Gasteiger partial charge in [-0.05, 0) is 37.3 Å². The summed E-state index contributed by atoms with van der Waals surface area (Å²) in [6, 6.07) is 6.17. The fourth-order valence-corrected chi connectivity index (χ4v) is 2.60. The van der Waals surface area contributed by atoms with E-state index < -0.39 is 35.1 Å². The number of halogens is 4. The maximum atomic E-state index is 13.6. The van der Waals surface area contributed by atoms with E-state index in [4.69, 9.17) is 0 Å². The van der Waals surface area contributed by atoms with Gasteiger partial charge in [0.2, 0.25) is 0 Å². The Hall–Kier alpha value is -3.36. The number of carbonyl (C=O) groups is 1. The number of nitrogens with one attached hydrogen (secondary N) is 1. The number of benzene rings is 1. The van der Waals surface area contributed by atoms with Crippen LogP contribution in [0, 0.1) is 5.82 Å². The molecule has 1 atom stereocenters. The molecule has 3 rings (SSSR count). The van der Waals surface area contributed by atoms with Gasteiger partial charge in [0, 0.05) is 24.2 Å². The van der Waals surface area contributed by atoms with Gasteiger partial charge in [-0.15, -0.1) is 0 Å². The number of aromatic nitrogens is 3. The number of nitrogens with zero attached hydrogens (tertiary/aromatic N) is 3. The Labute approximate surface area is 157 Å². The van der Waals surface area contributed by atoms with Gasteiger partial charge in [-0.1, -0.05) is 6.07 Å². The number of carbonyl (C=O) groups excluding carboxylic acids is 1. The zero-order valence-corrected chi connectivity index (χ0v) is 14.5. The Morgan fingerprint density at radius 2 is 1.79 bits per heavy atom. The van der Waals surface area contributed by atoms with Crippen molar-refractivity contribution in [2.24, 2.45) is 0 Å². The van der Waals surface area contributed by atoms with Crippen molar-refractivity contribution in [3.63, 3.8) is 0 Å². The zero-order valence-electron chi connectivity index (χ0n) is 14.5. The Bertz CT molecular complexity index is 993. The van der Waals surface area contributed by atoms with E-state index in [1.165, 1.54) is 12.4 Å². The van der Waals surface area contributed by atoms with E-state index in [0.29, 0.717) is 29.2 Å². The first-order chi connectivity index (χ1) is 13.3. The van der Waals surface area contributed by atoms with E-state index in [0.717, 1.165) is 6.07 Å². The minimum Gasteiger partial charge on any atom is -0.344 e. The van der Waals surface area contributed by atoms with Crippen molar-refractivity contribution in [3.05, 3.63) is 77.6 Å². The smallest absolute Gasteiger partial charge is 0.344 e. The van der Waals surface area contributed by atoms with Crippen LogP contribution in [0.1, 0.15) is 34.6 Å². The van der Waals surface area contributed by atoms with Gasteiger partial charge in [-0.25, -0.2) is 4.39 Å². The summed E-state index contributed by atoms with van der Waals surface area (Å²) in [5.41, 5.74) is -0.355. The van der Waals surface area contributed by atoms with Gasteiger partial charge in [-0.3, -0.25) is 19.7 Å². The highest BCUT2D eigenvalue weighted by molar-refractivity contribution is 5.94. The lowest BCUT2D eigenvalue weighted by Crippen LogP contribution is -2.28. The minimum atomic E-state index is -4.76. The van der Waals surface area contributed by atoms with Crippen molar-refractivity contribution in [3.8, 4) is 11.4 Å². The number of amides is 1. The van der Waals surface area contributed by atoms with Crippen molar-refractivity contribution in [1.82, 2.24) is 20.3 Å². The largest absolute Gasteiger partial charge is 0.416 e. The lowest BCUT2D eigenvalue weighted by molar-refractivity contribution is -0.137. The van der Waals surface area contributed by atoms with E-state index >= 15 is 0 Å². The van der Waals surface area contributed by atoms with Crippen molar-refractivity contribution in [2.45, 2.75) is 19.1 Å². The summed E-state index contributed by atoms with van der Waals surface area (Å²) in [6.45, 7) is 1.60. The van der Waals surface area contributed by atoms with Crippen molar-refractivity contribution in [2.75, 3.05) is 0 Å². The molecule has 0 bridgehead atoms. The molecule has 0 aliphatic carbocycles. The van der Waals surface area contributed by atoms with Crippen LogP contribution in [0.25, 0.3) is 11.4 Å². The summed E-state index contributed by atoms with van der Waals surface area (Å²) in [5.74, 6) is -2.02. The second-order valence-electron chi connectivity index (χ2n) is 5.93. The zero-order chi connectivity index (χ0) is 20.3. The average Bonchev–Trinajstić information content (AvgIpc) is 2.67. The van der Waals surface area contributed by atoms with E-state index in [2.05, 4.69) is 20.3 Å². The summed E-state index contributed by atoms with van der Waals surface area (Å²) in [7, 11) is 0. The second-order valence-corrected chi connectivity index (χ2v) is 5.93. The summed E-state index contributed by atoms with van der Waals surface area (Å²) >= 11 is 0. The Kier molecular flexibility index (Phi) is 5.34. The van der Waals surface area contributed by atoms with Crippen molar-refractivity contribution >= 4 is 5.91 Å². The molecule has 0 saturated heterocycles. The van der Waals surface area contributed by atoms with E-state index in [9.17, 15) is 22.4 Å². The molecule has 1 amide bonds. The molecule has 2 aromatic heterocycles. The van der Waals surface area contributed by atoms with Crippen LogP contribution in [0.2, 0.25) is 0 Å². The summed E-state index contributed by atoms with van der Waals surface area (Å²) < 4.78 is 52.1. The van der Waals surface area contributed by atoms with Gasteiger partial charge in [0.25, 0.3) is 5.91 Å². The van der Waals surface area contributed by atoms with Crippen LogP contribution >= 0.6 is 0 Å². The molecule has 2 heterocycles. The number of hydrogen-bond donors (Lipinski definition) is 1. The molecule has 0 radical (unpaired) electrons. The quantitative estimate of drug-likeness (QED) is 0.679. The van der Waals surface area contributed by atoms with Crippen LogP contribution in [-0.2, 0) is 6.18 Å². The third-order valence-corrected chi connectivity index (χ3v) is 3.88. The van der Waals surface area contributed by atoms with Crippen LogP contribution < -0.4 is 5.32 Å². The maximum absolute atomic E-state index is 13.6. The first-order valence-electron chi connectivity index (χ1n) is 8.16. The third kappa shape index (κ3) is 4.30. The van der Waals surface area contributed by atoms with Gasteiger partial charge in [0.05, 0.1) is 23.0 Å². The Morgan fingerprint density at radius 3 is 2.46 bits per heavy atom. The molecule has 1 N–H and O–H groups in total. The van der Waals surface area contributed by atoms with Crippen LogP contribution in [0.4, 0.5) is 17.6 Å². The minimum absolute atomic E-state index is 0.335. The molecular weight excluding hydrogens is 376 g/mol. The normalized spacial score (nSPS) is 12.5. The number of alkyl halides is 3. The molecule has 28 heavy (non-hydrogen) atoms. The monoisotopic (exact) mass is 390 g/mol. The van der Waals surface area contributed by atoms with Gasteiger partial charge >= 0.3 is 6.18 Å². The van der Waals surface area contributed by atoms with Crippen LogP contribution in [-0.4, -0.2) is 20.9 Å². The molecule has 1 aromatic carbocycles. The maximum Gasteiger partial charge on any atom is 0.416 e. The molecule has 0 aliphatic heterocycles. The predicted octanol–water partition coefficient (Wildman–Crippen LogP) is 4.19. The topological polar surface area (TPSA) is 67.8 Å². The van der Waals surface area contributed by atoms with Gasteiger partial charge < -0.3 is 5.32 Å². The van der Waals surface area contributed by atoms with Crippen LogP contribution in [0.5, 0.6) is 0 Å². The first-order valence-corrected chi connectivity index (χ1v) is 8.16. The van der Waals surface area contributed by atoms with Crippen molar-refractivity contribution < 1.29 is 22.4 Å². The highest BCUT2D eigenvalue weighted by Crippen LogP contribution is 2.30. The molecule has 0 fully saturated rings.